The molecule has 1 saturated carbocycles. The van der Waals surface area contributed by atoms with E-state index in [1.807, 2.05) is 28.8 Å². The summed E-state index contributed by atoms with van der Waals surface area (Å²) in [4.78, 5) is 31.1. The summed E-state index contributed by atoms with van der Waals surface area (Å²) in [6.07, 6.45) is 2.71. The zero-order valence-corrected chi connectivity index (χ0v) is 14.7. The number of thiazole rings is 1. The van der Waals surface area contributed by atoms with E-state index in [1.165, 1.54) is 35.5 Å². The molecule has 1 unspecified atom stereocenters. The van der Waals surface area contributed by atoms with Gasteiger partial charge in [0.05, 0.1) is 17.0 Å². The molecule has 2 aromatic heterocycles. The zero-order valence-electron chi connectivity index (χ0n) is 13.1. The number of amides is 2. The van der Waals surface area contributed by atoms with Gasteiger partial charge in [0.1, 0.15) is 0 Å². The van der Waals surface area contributed by atoms with Crippen LogP contribution in [0.4, 0.5) is 5.13 Å². The summed E-state index contributed by atoms with van der Waals surface area (Å²) in [7, 11) is 1.86. The average molecular weight is 349 g/mol. The summed E-state index contributed by atoms with van der Waals surface area (Å²) in [6.45, 7) is 2.10. The van der Waals surface area contributed by atoms with Gasteiger partial charge in [0, 0.05) is 18.5 Å². The monoisotopic (exact) mass is 349 g/mol. The largest absolute Gasteiger partial charge is 0.342 e. The van der Waals surface area contributed by atoms with E-state index in [0.29, 0.717) is 27.7 Å². The van der Waals surface area contributed by atoms with E-state index in [1.54, 1.807) is 6.07 Å². The average Bonchev–Trinajstić information content (AvgIpc) is 3.05. The Morgan fingerprint density at radius 2 is 2.22 bits per heavy atom. The Kier molecular flexibility index (Phi) is 4.77. The molecule has 122 valence electrons. The van der Waals surface area contributed by atoms with E-state index >= 15 is 0 Å². The Balaban J connectivity index is 1.56. The number of nitrogens with zero attached hydrogens (tertiary/aromatic N) is 2. The molecule has 0 saturated heterocycles. The van der Waals surface area contributed by atoms with Crippen molar-refractivity contribution in [2.75, 3.05) is 12.4 Å². The van der Waals surface area contributed by atoms with Crippen LogP contribution in [0.3, 0.4) is 0 Å². The molecule has 2 aromatic rings. The second kappa shape index (κ2) is 6.80. The number of likely N-dealkylation sites (N-methyl/N-ethyl adjacent to an activating group) is 1. The molecule has 7 heteroatoms. The maximum Gasteiger partial charge on any atom is 0.267 e. The smallest absolute Gasteiger partial charge is 0.267 e. The number of anilines is 1. The molecule has 5 nitrogen and oxygen atoms in total. The van der Waals surface area contributed by atoms with E-state index in [9.17, 15) is 9.59 Å². The van der Waals surface area contributed by atoms with Crippen LogP contribution < -0.4 is 5.32 Å². The first-order chi connectivity index (χ1) is 11.0. The lowest BCUT2D eigenvalue weighted by atomic mass is 10.2. The minimum absolute atomic E-state index is 0.0748. The van der Waals surface area contributed by atoms with Crippen LogP contribution >= 0.6 is 22.7 Å². The second-order valence-electron chi connectivity index (χ2n) is 5.83. The van der Waals surface area contributed by atoms with Crippen molar-refractivity contribution in [2.24, 2.45) is 5.92 Å². The number of rotatable bonds is 6. The minimum atomic E-state index is -0.160. The van der Waals surface area contributed by atoms with Gasteiger partial charge in [-0.05, 0) is 37.1 Å². The second-order valence-corrected chi connectivity index (χ2v) is 7.64. The van der Waals surface area contributed by atoms with Gasteiger partial charge in [-0.25, -0.2) is 4.98 Å². The maximum absolute atomic E-state index is 12.3. The number of thiophene rings is 1. The summed E-state index contributed by atoms with van der Waals surface area (Å²) >= 11 is 2.73. The van der Waals surface area contributed by atoms with Gasteiger partial charge in [0.2, 0.25) is 5.91 Å². The zero-order chi connectivity index (χ0) is 16.4. The molecule has 2 amide bonds. The molecule has 1 atom stereocenters. The number of hydrogen-bond acceptors (Lipinski definition) is 5. The van der Waals surface area contributed by atoms with Crippen LogP contribution in [0.15, 0.2) is 22.9 Å². The molecule has 0 radical (unpaired) electrons. The van der Waals surface area contributed by atoms with Crippen molar-refractivity contribution >= 4 is 39.6 Å². The molecule has 0 aromatic carbocycles. The van der Waals surface area contributed by atoms with Crippen molar-refractivity contribution in [1.82, 2.24) is 9.88 Å². The van der Waals surface area contributed by atoms with Gasteiger partial charge >= 0.3 is 0 Å². The van der Waals surface area contributed by atoms with Crippen LogP contribution in [0.2, 0.25) is 0 Å². The summed E-state index contributed by atoms with van der Waals surface area (Å²) in [5.74, 6) is 0.567. The molecular weight excluding hydrogens is 330 g/mol. The SMILES string of the molecule is CC(C1CC1)N(C)C(=O)Cc1csc(NC(=O)c2cccs2)n1. The molecule has 1 aliphatic rings. The quantitative estimate of drug-likeness (QED) is 0.871. The molecule has 23 heavy (non-hydrogen) atoms. The molecule has 0 spiro atoms. The highest BCUT2D eigenvalue weighted by molar-refractivity contribution is 7.14. The molecule has 0 aliphatic heterocycles. The highest BCUT2D eigenvalue weighted by Crippen LogP contribution is 2.34. The molecule has 0 bridgehead atoms. The minimum Gasteiger partial charge on any atom is -0.342 e. The van der Waals surface area contributed by atoms with Crippen molar-refractivity contribution in [3.05, 3.63) is 33.5 Å². The molecule has 3 rings (SSSR count). The van der Waals surface area contributed by atoms with E-state index in [0.717, 1.165) is 0 Å². The van der Waals surface area contributed by atoms with Crippen molar-refractivity contribution in [3.63, 3.8) is 0 Å². The van der Waals surface area contributed by atoms with E-state index in [2.05, 4.69) is 17.2 Å². The molecule has 1 aliphatic carbocycles. The number of carbonyl (C=O) groups excluding carboxylic acids is 2. The lowest BCUT2D eigenvalue weighted by Crippen LogP contribution is -2.37. The lowest BCUT2D eigenvalue weighted by Gasteiger charge is -2.24. The highest BCUT2D eigenvalue weighted by atomic mass is 32.1. The van der Waals surface area contributed by atoms with Gasteiger partial charge in [0.25, 0.3) is 5.91 Å². The van der Waals surface area contributed by atoms with Gasteiger partial charge in [-0.2, -0.15) is 0 Å². The van der Waals surface area contributed by atoms with Crippen LogP contribution in [-0.4, -0.2) is 34.8 Å². The van der Waals surface area contributed by atoms with Gasteiger partial charge < -0.3 is 4.90 Å². The third-order valence-electron chi connectivity index (χ3n) is 4.16. The highest BCUT2D eigenvalue weighted by Gasteiger charge is 2.32. The fraction of sp³-hybridized carbons (Fsp3) is 0.438. The third-order valence-corrected chi connectivity index (χ3v) is 5.83. The summed E-state index contributed by atoms with van der Waals surface area (Å²) in [6, 6.07) is 3.90. The Bertz CT molecular complexity index is 692. The predicted molar refractivity (Wildman–Crippen MR) is 93.0 cm³/mol. The van der Waals surface area contributed by atoms with E-state index in [4.69, 9.17) is 0 Å². The Morgan fingerprint density at radius 1 is 1.43 bits per heavy atom. The van der Waals surface area contributed by atoms with E-state index in [-0.39, 0.29) is 18.2 Å². The van der Waals surface area contributed by atoms with Crippen molar-refractivity contribution in [1.29, 1.82) is 0 Å². The van der Waals surface area contributed by atoms with Gasteiger partial charge in [-0.1, -0.05) is 6.07 Å². The molecule has 1 N–H and O–H groups in total. The molecule has 2 heterocycles. The van der Waals surface area contributed by atoms with Gasteiger partial charge in [-0.15, -0.1) is 22.7 Å². The fourth-order valence-corrected chi connectivity index (χ4v) is 3.74. The fourth-order valence-electron chi connectivity index (χ4n) is 2.41. The first kappa shape index (κ1) is 16.1. The van der Waals surface area contributed by atoms with Crippen LogP contribution in [-0.2, 0) is 11.2 Å². The molecule has 1 fully saturated rings. The molecular formula is C16H19N3O2S2. The topological polar surface area (TPSA) is 62.3 Å². The number of carbonyl (C=O) groups is 2. The van der Waals surface area contributed by atoms with Crippen molar-refractivity contribution < 1.29 is 9.59 Å². The predicted octanol–water partition coefficient (Wildman–Crippen LogP) is 3.26. The van der Waals surface area contributed by atoms with Crippen molar-refractivity contribution in [3.8, 4) is 0 Å². The number of aromatic nitrogens is 1. The standard InChI is InChI=1S/C16H19N3O2S2/c1-10(11-5-6-11)19(2)14(20)8-12-9-23-16(17-12)18-15(21)13-4-3-7-22-13/h3-4,7,9-11H,5-6,8H2,1-2H3,(H,17,18,21). The summed E-state index contributed by atoms with van der Waals surface area (Å²) < 4.78 is 0. The van der Waals surface area contributed by atoms with Crippen LogP contribution in [0.1, 0.15) is 35.1 Å². The number of hydrogen-bond donors (Lipinski definition) is 1. The van der Waals surface area contributed by atoms with Crippen LogP contribution in [0, 0.1) is 5.92 Å². The number of nitrogens with one attached hydrogen (secondary N) is 1. The lowest BCUT2D eigenvalue weighted by molar-refractivity contribution is -0.131. The van der Waals surface area contributed by atoms with Crippen LogP contribution in [0.5, 0.6) is 0 Å². The Labute approximate surface area is 143 Å². The van der Waals surface area contributed by atoms with Gasteiger partial charge in [-0.3, -0.25) is 14.9 Å². The first-order valence-corrected chi connectivity index (χ1v) is 9.35. The van der Waals surface area contributed by atoms with Crippen LogP contribution in [0.25, 0.3) is 0 Å². The Morgan fingerprint density at radius 3 is 2.87 bits per heavy atom. The van der Waals surface area contributed by atoms with Crippen molar-refractivity contribution in [2.45, 2.75) is 32.2 Å². The maximum atomic E-state index is 12.3. The van der Waals surface area contributed by atoms with E-state index < -0.39 is 0 Å². The first-order valence-electron chi connectivity index (χ1n) is 7.59. The normalized spacial score (nSPS) is 15.2. The third kappa shape index (κ3) is 3.97. The van der Waals surface area contributed by atoms with Gasteiger partial charge in [0.15, 0.2) is 5.13 Å². The summed E-state index contributed by atoms with van der Waals surface area (Å²) in [5, 5.41) is 6.99. The summed E-state index contributed by atoms with van der Waals surface area (Å²) in [5.41, 5.74) is 0.705. The Hall–Kier alpha value is -1.73.